The molecule has 1 aliphatic heterocycles. The first kappa shape index (κ1) is 12.2. The molecule has 0 spiro atoms. The van der Waals surface area contributed by atoms with Gasteiger partial charge in [0, 0.05) is 6.61 Å². The highest BCUT2D eigenvalue weighted by molar-refractivity contribution is 7.80. The van der Waals surface area contributed by atoms with Gasteiger partial charge >= 0.3 is 0 Å². The molecule has 1 aromatic rings. The lowest BCUT2D eigenvalue weighted by Gasteiger charge is -2.16. The van der Waals surface area contributed by atoms with Crippen molar-refractivity contribution < 1.29 is 4.74 Å². The lowest BCUT2D eigenvalue weighted by molar-refractivity contribution is 0.195. The number of ether oxygens (including phenoxy) is 1. The Hall–Kier alpha value is -1.27. The van der Waals surface area contributed by atoms with E-state index in [1.165, 1.54) is 0 Å². The lowest BCUT2D eigenvalue weighted by Crippen LogP contribution is -2.24. The van der Waals surface area contributed by atoms with Crippen LogP contribution in [0.15, 0.2) is 0 Å². The molecule has 1 aromatic heterocycles. The molecule has 0 amide bonds. The molecular weight excluding hydrogens is 236 g/mol. The first-order chi connectivity index (χ1) is 8.09. The van der Waals surface area contributed by atoms with Gasteiger partial charge in [-0.25, -0.2) is 0 Å². The summed E-state index contributed by atoms with van der Waals surface area (Å²) in [5.74, 6) is 0.663. The number of thiocarbonyl (C=S) groups is 1. The molecule has 1 aliphatic rings. The molecule has 1 atom stereocenters. The Bertz CT molecular complexity index is 443. The molecule has 5 nitrogen and oxygen atoms in total. The van der Waals surface area contributed by atoms with Gasteiger partial charge in [0.1, 0.15) is 4.99 Å². The number of nitrogens with zero attached hydrogens (tertiary/aromatic N) is 2. The van der Waals surface area contributed by atoms with Crippen molar-refractivity contribution in [1.29, 1.82) is 0 Å². The molecule has 0 aliphatic carbocycles. The minimum Gasteiger partial charge on any atom is -0.389 e. The molecule has 17 heavy (non-hydrogen) atoms. The maximum atomic E-state index is 5.75. The van der Waals surface area contributed by atoms with Crippen LogP contribution in [0.25, 0.3) is 0 Å². The molecule has 1 unspecified atom stereocenters. The van der Waals surface area contributed by atoms with Crippen LogP contribution in [0.3, 0.4) is 0 Å². The average Bonchev–Trinajstić information content (AvgIpc) is 2.76. The standard InChI is InChI=1S/C11H16N4OS/c1-6-7(2)14-15-11(9(6)10(12)17)13-8-3-4-16-5-8/h8H,3-5H2,1-2H3,(H2,12,17)(H,13,15). The fraction of sp³-hybridized carbons (Fsp3) is 0.545. The number of aromatic nitrogens is 2. The highest BCUT2D eigenvalue weighted by Crippen LogP contribution is 2.20. The predicted octanol–water partition coefficient (Wildman–Crippen LogP) is 0.928. The average molecular weight is 252 g/mol. The van der Waals surface area contributed by atoms with Gasteiger partial charge < -0.3 is 15.8 Å². The van der Waals surface area contributed by atoms with E-state index in [1.807, 2.05) is 13.8 Å². The molecule has 0 aromatic carbocycles. The van der Waals surface area contributed by atoms with Gasteiger partial charge in [-0.15, -0.1) is 5.10 Å². The summed E-state index contributed by atoms with van der Waals surface area (Å²) in [6.07, 6.45) is 0.964. The van der Waals surface area contributed by atoms with E-state index in [4.69, 9.17) is 22.7 Å². The third-order valence-corrected chi connectivity index (χ3v) is 3.18. The van der Waals surface area contributed by atoms with E-state index >= 15 is 0 Å². The smallest absolute Gasteiger partial charge is 0.159 e. The summed E-state index contributed by atoms with van der Waals surface area (Å²) in [4.78, 5) is 0.349. The first-order valence-corrected chi connectivity index (χ1v) is 5.98. The number of hydrogen-bond donors (Lipinski definition) is 2. The number of nitrogens with one attached hydrogen (secondary N) is 1. The number of rotatable bonds is 3. The summed E-state index contributed by atoms with van der Waals surface area (Å²) in [6.45, 7) is 5.31. The molecule has 1 fully saturated rings. The van der Waals surface area contributed by atoms with Gasteiger partial charge in [-0.2, -0.15) is 5.10 Å². The monoisotopic (exact) mass is 252 g/mol. The van der Waals surface area contributed by atoms with Crippen LogP contribution >= 0.6 is 12.2 Å². The Morgan fingerprint density at radius 2 is 2.24 bits per heavy atom. The first-order valence-electron chi connectivity index (χ1n) is 5.57. The van der Waals surface area contributed by atoms with Gasteiger partial charge in [-0.05, 0) is 25.8 Å². The maximum Gasteiger partial charge on any atom is 0.159 e. The number of anilines is 1. The van der Waals surface area contributed by atoms with Gasteiger partial charge in [-0.1, -0.05) is 12.2 Å². The second-order valence-electron chi connectivity index (χ2n) is 4.20. The van der Waals surface area contributed by atoms with Crippen molar-refractivity contribution in [2.24, 2.45) is 5.73 Å². The normalized spacial score (nSPS) is 19.3. The zero-order chi connectivity index (χ0) is 12.4. The van der Waals surface area contributed by atoms with Crippen molar-refractivity contribution in [3.63, 3.8) is 0 Å². The fourth-order valence-corrected chi connectivity index (χ4v) is 2.10. The molecule has 0 saturated carbocycles. The van der Waals surface area contributed by atoms with Gasteiger partial charge in [0.15, 0.2) is 5.82 Å². The predicted molar refractivity (Wildman–Crippen MR) is 70.2 cm³/mol. The summed E-state index contributed by atoms with van der Waals surface area (Å²) < 4.78 is 5.31. The number of hydrogen-bond acceptors (Lipinski definition) is 5. The Balaban J connectivity index is 2.32. The van der Waals surface area contributed by atoms with Crippen molar-refractivity contribution >= 4 is 23.0 Å². The summed E-state index contributed by atoms with van der Waals surface area (Å²) >= 11 is 5.08. The van der Waals surface area contributed by atoms with Gasteiger partial charge in [0.05, 0.1) is 23.9 Å². The topological polar surface area (TPSA) is 73.1 Å². The molecule has 0 radical (unpaired) electrons. The molecule has 92 valence electrons. The van der Waals surface area contributed by atoms with Crippen LogP contribution in [0.1, 0.15) is 23.2 Å². The van der Waals surface area contributed by atoms with Crippen molar-refractivity contribution in [2.75, 3.05) is 18.5 Å². The second kappa shape index (κ2) is 4.93. The van der Waals surface area contributed by atoms with E-state index in [0.717, 1.165) is 29.8 Å². The Morgan fingerprint density at radius 3 is 2.82 bits per heavy atom. The zero-order valence-corrected chi connectivity index (χ0v) is 10.8. The summed E-state index contributed by atoms with van der Waals surface area (Å²) in [5, 5.41) is 11.5. The van der Waals surface area contributed by atoms with Crippen LogP contribution in [-0.2, 0) is 4.74 Å². The Labute approximate surface area is 106 Å². The van der Waals surface area contributed by atoms with Gasteiger partial charge in [0.2, 0.25) is 0 Å². The highest BCUT2D eigenvalue weighted by atomic mass is 32.1. The second-order valence-corrected chi connectivity index (χ2v) is 4.64. The van der Waals surface area contributed by atoms with Crippen molar-refractivity contribution in [3.05, 3.63) is 16.8 Å². The van der Waals surface area contributed by atoms with E-state index in [2.05, 4.69) is 15.5 Å². The Morgan fingerprint density at radius 1 is 1.47 bits per heavy atom. The molecule has 3 N–H and O–H groups in total. The summed E-state index contributed by atoms with van der Waals surface area (Å²) in [5.41, 5.74) is 8.37. The molecule has 1 saturated heterocycles. The Kier molecular flexibility index (Phi) is 3.54. The highest BCUT2D eigenvalue weighted by Gasteiger charge is 2.20. The molecule has 0 bridgehead atoms. The van der Waals surface area contributed by atoms with Gasteiger partial charge in [0.25, 0.3) is 0 Å². The third kappa shape index (κ3) is 2.53. The number of nitrogens with two attached hydrogens (primary N) is 1. The van der Waals surface area contributed by atoms with E-state index in [-0.39, 0.29) is 6.04 Å². The largest absolute Gasteiger partial charge is 0.389 e. The van der Waals surface area contributed by atoms with Crippen LogP contribution in [0.5, 0.6) is 0 Å². The molecular formula is C11H16N4OS. The van der Waals surface area contributed by atoms with Crippen LogP contribution in [-0.4, -0.2) is 34.4 Å². The van der Waals surface area contributed by atoms with E-state index in [9.17, 15) is 0 Å². The van der Waals surface area contributed by atoms with Crippen molar-refractivity contribution in [2.45, 2.75) is 26.3 Å². The fourth-order valence-electron chi connectivity index (χ4n) is 1.85. The molecule has 6 heteroatoms. The van der Waals surface area contributed by atoms with Crippen LogP contribution in [0.4, 0.5) is 5.82 Å². The van der Waals surface area contributed by atoms with Crippen LogP contribution in [0, 0.1) is 13.8 Å². The van der Waals surface area contributed by atoms with Crippen molar-refractivity contribution in [3.8, 4) is 0 Å². The van der Waals surface area contributed by atoms with Gasteiger partial charge in [-0.3, -0.25) is 0 Å². The summed E-state index contributed by atoms with van der Waals surface area (Å²) in [6, 6.07) is 0.263. The zero-order valence-electron chi connectivity index (χ0n) is 9.99. The van der Waals surface area contributed by atoms with Crippen LogP contribution < -0.4 is 11.1 Å². The third-order valence-electron chi connectivity index (χ3n) is 2.97. The lowest BCUT2D eigenvalue weighted by atomic mass is 10.1. The summed E-state index contributed by atoms with van der Waals surface area (Å²) in [7, 11) is 0. The minimum absolute atomic E-state index is 0.263. The molecule has 2 heterocycles. The van der Waals surface area contributed by atoms with Crippen molar-refractivity contribution in [1.82, 2.24) is 10.2 Å². The van der Waals surface area contributed by atoms with Crippen LogP contribution in [0.2, 0.25) is 0 Å². The van der Waals surface area contributed by atoms with E-state index in [0.29, 0.717) is 17.4 Å². The van der Waals surface area contributed by atoms with E-state index in [1.54, 1.807) is 0 Å². The molecule has 2 rings (SSSR count). The minimum atomic E-state index is 0.263. The maximum absolute atomic E-state index is 5.75. The van der Waals surface area contributed by atoms with E-state index < -0.39 is 0 Å². The number of aryl methyl sites for hydroxylation is 1. The SMILES string of the molecule is Cc1nnc(NC2CCOC2)c(C(N)=S)c1C. The quantitative estimate of drug-likeness (QED) is 0.780.